The maximum Gasteiger partial charge on any atom is 0.229 e. The van der Waals surface area contributed by atoms with Crippen molar-refractivity contribution in [3.05, 3.63) is 82.4 Å². The molecule has 5 heteroatoms. The van der Waals surface area contributed by atoms with Gasteiger partial charge in [0.05, 0.1) is 11.5 Å². The Hall–Kier alpha value is -2.10. The van der Waals surface area contributed by atoms with Gasteiger partial charge in [-0.3, -0.25) is 4.79 Å². The fourth-order valence-corrected chi connectivity index (χ4v) is 5.49. The number of carbonyl (C=O) groups is 2. The minimum Gasteiger partial charge on any atom is -0.331 e. The van der Waals surface area contributed by atoms with Crippen LogP contribution in [0.5, 0.6) is 0 Å². The van der Waals surface area contributed by atoms with Gasteiger partial charge in [0.2, 0.25) is 5.91 Å². The first kappa shape index (κ1) is 24.5. The van der Waals surface area contributed by atoms with Crippen molar-refractivity contribution in [1.82, 2.24) is 4.90 Å². The molecule has 1 aliphatic rings. The Labute approximate surface area is 201 Å². The Bertz CT molecular complexity index is 974. The molecule has 1 amide bonds. The lowest BCUT2D eigenvalue weighted by molar-refractivity contribution is -0.156. The molecule has 0 radical (unpaired) electrons. The fraction of sp³-hybridized carbons (Fsp3) is 0.407. The zero-order valence-electron chi connectivity index (χ0n) is 18.9. The molecule has 2 unspecified atom stereocenters. The quantitative estimate of drug-likeness (QED) is 0.300. The van der Waals surface area contributed by atoms with Crippen LogP contribution in [-0.2, 0) is 9.59 Å². The molecule has 0 saturated carbocycles. The van der Waals surface area contributed by atoms with Crippen molar-refractivity contribution in [2.75, 3.05) is 0 Å². The monoisotopic (exact) mass is 471 g/mol. The predicted octanol–water partition coefficient (Wildman–Crippen LogP) is 7.25. The van der Waals surface area contributed by atoms with Gasteiger partial charge in [-0.25, -0.2) is 0 Å². The molecule has 2 aromatic rings. The second-order valence-electron chi connectivity index (χ2n) is 9.10. The number of rotatable bonds is 8. The van der Waals surface area contributed by atoms with E-state index in [1.54, 1.807) is 0 Å². The highest BCUT2D eigenvalue weighted by Crippen LogP contribution is 2.52. The van der Waals surface area contributed by atoms with Crippen molar-refractivity contribution in [3.63, 3.8) is 0 Å². The molecule has 0 aromatic heterocycles. The third kappa shape index (κ3) is 4.79. The molecule has 1 fully saturated rings. The summed E-state index contributed by atoms with van der Waals surface area (Å²) < 4.78 is 0. The number of allylic oxidation sites excluding steroid dienone is 1. The average Bonchev–Trinajstić information content (AvgIpc) is 2.77. The first-order valence-electron chi connectivity index (χ1n) is 11.2. The molecular weight excluding hydrogens is 441 g/mol. The molecule has 1 saturated heterocycles. The number of aldehydes is 1. The first-order valence-corrected chi connectivity index (χ1v) is 11.9. The zero-order chi connectivity index (χ0) is 23.5. The van der Waals surface area contributed by atoms with Crippen molar-refractivity contribution in [2.24, 2.45) is 11.3 Å². The zero-order valence-corrected chi connectivity index (χ0v) is 20.4. The van der Waals surface area contributed by atoms with Gasteiger partial charge in [-0.1, -0.05) is 74.3 Å². The molecule has 170 valence electrons. The van der Waals surface area contributed by atoms with E-state index in [9.17, 15) is 9.59 Å². The third-order valence-electron chi connectivity index (χ3n) is 6.78. The molecule has 1 aliphatic heterocycles. The summed E-state index contributed by atoms with van der Waals surface area (Å²) in [5, 5.41) is 1.31. The number of halogens is 2. The van der Waals surface area contributed by atoms with E-state index >= 15 is 0 Å². The van der Waals surface area contributed by atoms with Crippen molar-refractivity contribution in [3.8, 4) is 0 Å². The van der Waals surface area contributed by atoms with Gasteiger partial charge in [0.25, 0.3) is 0 Å². The average molecular weight is 472 g/mol. The largest absolute Gasteiger partial charge is 0.331 e. The summed E-state index contributed by atoms with van der Waals surface area (Å²) >= 11 is 12.6. The van der Waals surface area contributed by atoms with Crippen LogP contribution in [0.1, 0.15) is 63.1 Å². The van der Waals surface area contributed by atoms with Crippen LogP contribution in [0.2, 0.25) is 10.0 Å². The molecule has 0 spiro atoms. The van der Waals surface area contributed by atoms with Gasteiger partial charge in [0.1, 0.15) is 6.29 Å². The van der Waals surface area contributed by atoms with E-state index in [4.69, 9.17) is 23.2 Å². The number of benzene rings is 2. The van der Waals surface area contributed by atoms with Crippen LogP contribution in [-0.4, -0.2) is 23.1 Å². The Morgan fingerprint density at radius 3 is 2.41 bits per heavy atom. The minimum absolute atomic E-state index is 0.00503. The highest BCUT2D eigenvalue weighted by Gasteiger charge is 2.51. The van der Waals surface area contributed by atoms with E-state index in [-0.39, 0.29) is 29.8 Å². The minimum atomic E-state index is -0.617. The van der Waals surface area contributed by atoms with Gasteiger partial charge < -0.3 is 9.69 Å². The summed E-state index contributed by atoms with van der Waals surface area (Å²) in [6, 6.07) is 15.1. The molecule has 1 heterocycles. The first-order chi connectivity index (χ1) is 15.3. The van der Waals surface area contributed by atoms with Crippen molar-refractivity contribution < 1.29 is 9.59 Å². The smallest absolute Gasteiger partial charge is 0.229 e. The Balaban J connectivity index is 2.26. The lowest BCUT2D eigenvalue weighted by atomic mass is 9.66. The van der Waals surface area contributed by atoms with Crippen LogP contribution >= 0.6 is 23.2 Å². The summed E-state index contributed by atoms with van der Waals surface area (Å²) in [5.74, 6) is -0.216. The van der Waals surface area contributed by atoms with Gasteiger partial charge in [-0.15, -0.1) is 6.58 Å². The van der Waals surface area contributed by atoms with Crippen molar-refractivity contribution >= 4 is 35.4 Å². The Morgan fingerprint density at radius 2 is 1.84 bits per heavy atom. The van der Waals surface area contributed by atoms with Crippen LogP contribution in [0.25, 0.3) is 0 Å². The maximum absolute atomic E-state index is 14.1. The molecule has 32 heavy (non-hydrogen) atoms. The topological polar surface area (TPSA) is 37.4 Å². The molecule has 5 atom stereocenters. The summed E-state index contributed by atoms with van der Waals surface area (Å²) in [5.41, 5.74) is 1.47. The predicted molar refractivity (Wildman–Crippen MR) is 132 cm³/mol. The molecular formula is C27H31Cl2NO2. The molecule has 2 aromatic carbocycles. The number of hydrogen-bond donors (Lipinski definition) is 0. The maximum atomic E-state index is 14.1. The Kier molecular flexibility index (Phi) is 7.84. The van der Waals surface area contributed by atoms with E-state index < -0.39 is 5.41 Å². The number of piperidine rings is 1. The second kappa shape index (κ2) is 10.2. The van der Waals surface area contributed by atoms with E-state index in [1.165, 1.54) is 0 Å². The van der Waals surface area contributed by atoms with E-state index in [0.717, 1.165) is 17.4 Å². The van der Waals surface area contributed by atoms with Gasteiger partial charge in [0.15, 0.2) is 0 Å². The standard InChI is InChI=1S/C27H31Cl2NO2/c1-5-14-27(4)16-23(20-8-7-9-22(29)15-20)25(19-10-12-21(28)13-11-19)30(26(27)32)24(6-2)18(3)17-31/h5,7-13,15,17-18,23-25H,1,6,14,16H2,2-4H3/t18-,23-,24?,25?,27+/m1/s1. The van der Waals surface area contributed by atoms with Crippen LogP contribution in [0.3, 0.4) is 0 Å². The van der Waals surface area contributed by atoms with Crippen molar-refractivity contribution in [2.45, 2.75) is 58.0 Å². The molecule has 3 nitrogen and oxygen atoms in total. The Morgan fingerprint density at radius 1 is 1.16 bits per heavy atom. The van der Waals surface area contributed by atoms with Gasteiger partial charge >= 0.3 is 0 Å². The third-order valence-corrected chi connectivity index (χ3v) is 7.27. The van der Waals surface area contributed by atoms with Crippen molar-refractivity contribution in [1.29, 1.82) is 0 Å². The highest BCUT2D eigenvalue weighted by atomic mass is 35.5. The van der Waals surface area contributed by atoms with E-state index in [0.29, 0.717) is 29.3 Å². The van der Waals surface area contributed by atoms with Gasteiger partial charge in [0, 0.05) is 27.9 Å². The number of nitrogens with zero attached hydrogens (tertiary/aromatic N) is 1. The molecule has 0 N–H and O–H groups in total. The van der Waals surface area contributed by atoms with Crippen LogP contribution in [0.15, 0.2) is 61.2 Å². The fourth-order valence-electron chi connectivity index (χ4n) is 5.17. The summed E-state index contributed by atoms with van der Waals surface area (Å²) in [6.45, 7) is 9.85. The normalized spacial score (nSPS) is 25.3. The lowest BCUT2D eigenvalue weighted by Crippen LogP contribution is -2.57. The highest BCUT2D eigenvalue weighted by molar-refractivity contribution is 6.30. The number of amides is 1. The number of likely N-dealkylation sites (tertiary alicyclic amines) is 1. The van der Waals surface area contributed by atoms with Crippen LogP contribution < -0.4 is 0 Å². The number of carbonyl (C=O) groups excluding carboxylic acids is 2. The SMILES string of the molecule is C=CC[C@@]1(C)C[C@H](c2cccc(Cl)c2)C(c2ccc(Cl)cc2)N(C(CC)[C@H](C)C=O)C1=O. The van der Waals surface area contributed by atoms with Gasteiger partial charge in [-0.2, -0.15) is 0 Å². The summed E-state index contributed by atoms with van der Waals surface area (Å²) in [7, 11) is 0. The van der Waals surface area contributed by atoms with Gasteiger partial charge in [-0.05, 0) is 54.7 Å². The molecule has 0 aliphatic carbocycles. The van der Waals surface area contributed by atoms with Crippen LogP contribution in [0, 0.1) is 11.3 Å². The molecule has 3 rings (SSSR count). The molecule has 0 bridgehead atoms. The van der Waals surface area contributed by atoms with E-state index in [1.807, 2.05) is 74.2 Å². The second-order valence-corrected chi connectivity index (χ2v) is 9.97. The number of hydrogen-bond acceptors (Lipinski definition) is 2. The lowest BCUT2D eigenvalue weighted by Gasteiger charge is -2.52. The summed E-state index contributed by atoms with van der Waals surface area (Å²) in [6.07, 6.45) is 4.68. The van der Waals surface area contributed by atoms with E-state index in [2.05, 4.69) is 12.6 Å². The van der Waals surface area contributed by atoms with Crippen LogP contribution in [0.4, 0.5) is 0 Å². The summed E-state index contributed by atoms with van der Waals surface area (Å²) in [4.78, 5) is 27.9.